The number of methoxy groups -OCH3 is 1. The van der Waals surface area contributed by atoms with E-state index >= 15 is 0 Å². The molecule has 0 radical (unpaired) electrons. The van der Waals surface area contributed by atoms with Crippen molar-refractivity contribution in [1.29, 1.82) is 0 Å². The van der Waals surface area contributed by atoms with E-state index in [2.05, 4.69) is 10.1 Å². The Morgan fingerprint density at radius 1 is 1.50 bits per heavy atom. The van der Waals surface area contributed by atoms with Crippen molar-refractivity contribution in [2.75, 3.05) is 12.8 Å². The van der Waals surface area contributed by atoms with Gasteiger partial charge in [-0.3, -0.25) is 9.48 Å². The maximum absolute atomic E-state index is 11.0. The number of nitrogens with two attached hydrogens (primary N) is 2. The van der Waals surface area contributed by atoms with Crippen LogP contribution >= 0.6 is 0 Å². The zero-order valence-electron chi connectivity index (χ0n) is 9.83. The minimum absolute atomic E-state index is 0.0675. The molecule has 94 valence electrons. The van der Waals surface area contributed by atoms with Crippen molar-refractivity contribution in [3.8, 4) is 5.88 Å². The molecule has 2 aromatic heterocycles. The number of amides is 1. The summed E-state index contributed by atoms with van der Waals surface area (Å²) in [6.07, 6.45) is 1.54. The topological polar surface area (TPSA) is 109 Å². The third-order valence-electron chi connectivity index (χ3n) is 2.34. The molecule has 2 aromatic rings. The molecular formula is C11H13N5O2. The molecule has 18 heavy (non-hydrogen) atoms. The predicted molar refractivity (Wildman–Crippen MR) is 65.0 cm³/mol. The number of carbonyl (C=O) groups excluding carboxylic acids is 1. The van der Waals surface area contributed by atoms with E-state index in [1.807, 2.05) is 12.1 Å². The van der Waals surface area contributed by atoms with Gasteiger partial charge in [-0.15, -0.1) is 0 Å². The molecule has 1 amide bonds. The van der Waals surface area contributed by atoms with E-state index in [1.54, 1.807) is 19.4 Å². The molecule has 4 N–H and O–H groups in total. The van der Waals surface area contributed by atoms with Gasteiger partial charge in [-0.1, -0.05) is 6.07 Å². The molecule has 0 aliphatic heterocycles. The van der Waals surface area contributed by atoms with Crippen molar-refractivity contribution >= 4 is 11.6 Å². The number of nitrogen functional groups attached to an aromatic ring is 1. The summed E-state index contributed by atoms with van der Waals surface area (Å²) in [6.45, 7) is 0.384. The fraction of sp³-hybridized carbons (Fsp3) is 0.182. The molecular weight excluding hydrogens is 234 g/mol. The summed E-state index contributed by atoms with van der Waals surface area (Å²) < 4.78 is 6.53. The van der Waals surface area contributed by atoms with Crippen LogP contribution in [0.5, 0.6) is 5.88 Å². The van der Waals surface area contributed by atoms with E-state index in [9.17, 15) is 4.79 Å². The number of hydrogen-bond donors (Lipinski definition) is 2. The number of primary amides is 1. The van der Waals surface area contributed by atoms with Crippen molar-refractivity contribution in [3.05, 3.63) is 35.8 Å². The van der Waals surface area contributed by atoms with E-state index < -0.39 is 5.91 Å². The first-order valence-corrected chi connectivity index (χ1v) is 5.23. The molecule has 2 heterocycles. The van der Waals surface area contributed by atoms with Gasteiger partial charge in [0.05, 0.1) is 25.0 Å². The van der Waals surface area contributed by atoms with Crippen LogP contribution in [0.3, 0.4) is 0 Å². The zero-order valence-corrected chi connectivity index (χ0v) is 9.83. The second-order valence-electron chi connectivity index (χ2n) is 3.67. The smallest absolute Gasteiger partial charge is 0.271 e. The van der Waals surface area contributed by atoms with Crippen LogP contribution in [0.25, 0.3) is 0 Å². The summed E-state index contributed by atoms with van der Waals surface area (Å²) in [7, 11) is 1.54. The summed E-state index contributed by atoms with van der Waals surface area (Å²) in [4.78, 5) is 15.2. The lowest BCUT2D eigenvalue weighted by molar-refractivity contribution is 0.0995. The van der Waals surface area contributed by atoms with Crippen LogP contribution in [0, 0.1) is 0 Å². The van der Waals surface area contributed by atoms with Crippen molar-refractivity contribution in [2.24, 2.45) is 5.73 Å². The zero-order chi connectivity index (χ0) is 13.1. The molecule has 0 atom stereocenters. The van der Waals surface area contributed by atoms with Crippen LogP contribution < -0.4 is 16.2 Å². The second kappa shape index (κ2) is 4.74. The molecule has 7 nitrogen and oxygen atoms in total. The SMILES string of the molecule is COc1cccc(Cn2cc(N)c(C(N)=O)n2)n1. The first-order valence-electron chi connectivity index (χ1n) is 5.23. The van der Waals surface area contributed by atoms with Crippen LogP contribution in [0.1, 0.15) is 16.2 Å². The van der Waals surface area contributed by atoms with E-state index in [4.69, 9.17) is 16.2 Å². The molecule has 0 aliphatic rings. The summed E-state index contributed by atoms with van der Waals surface area (Å²) >= 11 is 0. The molecule has 0 bridgehead atoms. The Labute approximate surface area is 103 Å². The Morgan fingerprint density at radius 2 is 2.28 bits per heavy atom. The highest BCUT2D eigenvalue weighted by molar-refractivity contribution is 5.95. The molecule has 0 unspecified atom stereocenters. The van der Waals surface area contributed by atoms with Gasteiger partial charge < -0.3 is 16.2 Å². The molecule has 0 saturated heterocycles. The monoisotopic (exact) mass is 247 g/mol. The lowest BCUT2D eigenvalue weighted by Gasteiger charge is -2.03. The molecule has 0 spiro atoms. The number of pyridine rings is 1. The normalized spacial score (nSPS) is 10.3. The predicted octanol–water partition coefficient (Wildman–Crippen LogP) is 0.0161. The Balaban J connectivity index is 2.23. The van der Waals surface area contributed by atoms with Crippen molar-refractivity contribution in [2.45, 2.75) is 6.54 Å². The van der Waals surface area contributed by atoms with Crippen LogP contribution in [0.2, 0.25) is 0 Å². The summed E-state index contributed by atoms with van der Waals surface area (Å²) in [5, 5.41) is 4.00. The van der Waals surface area contributed by atoms with E-state index in [0.717, 1.165) is 5.69 Å². The van der Waals surface area contributed by atoms with Crippen LogP contribution in [0.4, 0.5) is 5.69 Å². The van der Waals surface area contributed by atoms with Crippen molar-refractivity contribution in [3.63, 3.8) is 0 Å². The Kier molecular flexibility index (Phi) is 3.13. The summed E-state index contributed by atoms with van der Waals surface area (Å²) in [5.74, 6) is -0.132. The fourth-order valence-electron chi connectivity index (χ4n) is 1.53. The van der Waals surface area contributed by atoms with Crippen LogP contribution in [-0.2, 0) is 6.54 Å². The van der Waals surface area contributed by atoms with Gasteiger partial charge in [-0.25, -0.2) is 4.98 Å². The Hall–Kier alpha value is -2.57. The average molecular weight is 247 g/mol. The highest BCUT2D eigenvalue weighted by Crippen LogP contribution is 2.11. The maximum atomic E-state index is 11.0. The molecule has 0 saturated carbocycles. The molecule has 0 fully saturated rings. The van der Waals surface area contributed by atoms with Gasteiger partial charge in [0, 0.05) is 12.3 Å². The average Bonchev–Trinajstić information content (AvgIpc) is 2.70. The van der Waals surface area contributed by atoms with Crippen LogP contribution in [0.15, 0.2) is 24.4 Å². The van der Waals surface area contributed by atoms with Gasteiger partial charge in [-0.05, 0) is 6.07 Å². The number of ether oxygens (including phenoxy) is 1. The third-order valence-corrected chi connectivity index (χ3v) is 2.34. The first-order chi connectivity index (χ1) is 8.60. The molecule has 2 rings (SSSR count). The van der Waals surface area contributed by atoms with Gasteiger partial charge in [0.2, 0.25) is 5.88 Å². The standard InChI is InChI=1S/C11H13N5O2/c1-18-9-4-2-3-7(14-9)5-16-6-8(12)10(15-16)11(13)17/h2-4,6H,5,12H2,1H3,(H2,13,17). The van der Waals surface area contributed by atoms with Crippen molar-refractivity contribution in [1.82, 2.24) is 14.8 Å². The summed E-state index contributed by atoms with van der Waals surface area (Å²) in [6, 6.07) is 5.39. The first kappa shape index (κ1) is 11.9. The Morgan fingerprint density at radius 3 is 2.89 bits per heavy atom. The largest absolute Gasteiger partial charge is 0.481 e. The number of nitrogens with zero attached hydrogens (tertiary/aromatic N) is 3. The number of hydrogen-bond acceptors (Lipinski definition) is 5. The maximum Gasteiger partial charge on any atom is 0.271 e. The van der Waals surface area contributed by atoms with Crippen molar-refractivity contribution < 1.29 is 9.53 Å². The van der Waals surface area contributed by atoms with Crippen LogP contribution in [-0.4, -0.2) is 27.8 Å². The van der Waals surface area contributed by atoms with Gasteiger partial charge in [0.25, 0.3) is 5.91 Å². The minimum Gasteiger partial charge on any atom is -0.481 e. The number of rotatable bonds is 4. The molecule has 0 aromatic carbocycles. The lowest BCUT2D eigenvalue weighted by Crippen LogP contribution is -2.14. The Bertz CT molecular complexity index is 579. The molecule has 7 heteroatoms. The summed E-state index contributed by atoms with van der Waals surface area (Å²) in [5.41, 5.74) is 11.8. The van der Waals surface area contributed by atoms with E-state index in [-0.39, 0.29) is 11.4 Å². The van der Waals surface area contributed by atoms with E-state index in [0.29, 0.717) is 12.4 Å². The number of aromatic nitrogens is 3. The molecule has 0 aliphatic carbocycles. The van der Waals surface area contributed by atoms with E-state index in [1.165, 1.54) is 4.68 Å². The fourth-order valence-corrected chi connectivity index (χ4v) is 1.53. The number of anilines is 1. The number of carbonyl (C=O) groups is 1. The lowest BCUT2D eigenvalue weighted by atomic mass is 10.3. The second-order valence-corrected chi connectivity index (χ2v) is 3.67. The highest BCUT2D eigenvalue weighted by Gasteiger charge is 2.11. The van der Waals surface area contributed by atoms with Gasteiger partial charge in [0.1, 0.15) is 0 Å². The quantitative estimate of drug-likeness (QED) is 0.791. The highest BCUT2D eigenvalue weighted by atomic mass is 16.5. The van der Waals surface area contributed by atoms with Gasteiger partial charge >= 0.3 is 0 Å². The van der Waals surface area contributed by atoms with Gasteiger partial charge in [-0.2, -0.15) is 5.10 Å². The minimum atomic E-state index is -0.648. The third kappa shape index (κ3) is 2.40. The van der Waals surface area contributed by atoms with Gasteiger partial charge in [0.15, 0.2) is 5.69 Å².